The number of ether oxygens (including phenoxy) is 2. The van der Waals surface area contributed by atoms with Gasteiger partial charge in [-0.1, -0.05) is 0 Å². The van der Waals surface area contributed by atoms with Crippen molar-refractivity contribution in [3.8, 4) is 11.5 Å². The number of methoxy groups -OCH3 is 1. The molecule has 5 nitrogen and oxygen atoms in total. The Morgan fingerprint density at radius 3 is 2.13 bits per heavy atom. The summed E-state index contributed by atoms with van der Waals surface area (Å²) in [6.07, 6.45) is 0. The van der Waals surface area contributed by atoms with E-state index in [1.54, 1.807) is 31.4 Å². The lowest BCUT2D eigenvalue weighted by molar-refractivity contribution is 0.0955. The van der Waals surface area contributed by atoms with Gasteiger partial charge in [-0.15, -0.1) is 0 Å². The summed E-state index contributed by atoms with van der Waals surface area (Å²) in [7, 11) is 1.62. The Hall–Kier alpha value is -2.82. The van der Waals surface area contributed by atoms with Crippen molar-refractivity contribution in [1.29, 1.82) is 0 Å². The van der Waals surface area contributed by atoms with Crippen molar-refractivity contribution >= 4 is 11.6 Å². The Labute approximate surface area is 135 Å². The summed E-state index contributed by atoms with van der Waals surface area (Å²) in [6, 6.07) is 14.4. The third-order valence-corrected chi connectivity index (χ3v) is 3.26. The van der Waals surface area contributed by atoms with Crippen LogP contribution in [0.25, 0.3) is 0 Å². The highest BCUT2D eigenvalue weighted by Gasteiger charge is 2.05. The molecule has 0 aliphatic carbocycles. The molecular weight excluding hydrogens is 292 g/mol. The maximum absolute atomic E-state index is 12.1. The minimum absolute atomic E-state index is 0.263. The summed E-state index contributed by atoms with van der Waals surface area (Å²) in [5.41, 5.74) is 4.71. The molecule has 1 amide bonds. The van der Waals surface area contributed by atoms with Gasteiger partial charge in [-0.25, -0.2) is 5.43 Å². The van der Waals surface area contributed by atoms with Crippen LogP contribution in [0.15, 0.2) is 53.6 Å². The third kappa shape index (κ3) is 4.57. The number of rotatable bonds is 6. The number of amides is 1. The molecule has 23 heavy (non-hydrogen) atoms. The first kappa shape index (κ1) is 16.5. The van der Waals surface area contributed by atoms with Crippen LogP contribution in [0, 0.1) is 0 Å². The molecule has 0 spiro atoms. The maximum atomic E-state index is 12.1. The first-order valence-corrected chi connectivity index (χ1v) is 7.36. The average Bonchev–Trinajstić information content (AvgIpc) is 2.60. The van der Waals surface area contributed by atoms with E-state index in [2.05, 4.69) is 10.5 Å². The van der Waals surface area contributed by atoms with Crippen molar-refractivity contribution in [2.24, 2.45) is 5.10 Å². The van der Waals surface area contributed by atoms with E-state index in [-0.39, 0.29) is 5.91 Å². The van der Waals surface area contributed by atoms with E-state index in [1.807, 2.05) is 38.1 Å². The van der Waals surface area contributed by atoms with Crippen molar-refractivity contribution in [3.05, 3.63) is 59.7 Å². The topological polar surface area (TPSA) is 59.9 Å². The maximum Gasteiger partial charge on any atom is 0.271 e. The van der Waals surface area contributed by atoms with Gasteiger partial charge in [0.25, 0.3) is 5.91 Å². The van der Waals surface area contributed by atoms with Gasteiger partial charge in [0.2, 0.25) is 0 Å². The Morgan fingerprint density at radius 2 is 1.57 bits per heavy atom. The van der Waals surface area contributed by atoms with E-state index in [0.29, 0.717) is 17.9 Å². The van der Waals surface area contributed by atoms with Gasteiger partial charge in [-0.2, -0.15) is 5.10 Å². The van der Waals surface area contributed by atoms with Crippen LogP contribution in [0.4, 0.5) is 0 Å². The summed E-state index contributed by atoms with van der Waals surface area (Å²) in [5.74, 6) is 1.25. The van der Waals surface area contributed by atoms with Crippen molar-refractivity contribution in [2.75, 3.05) is 13.7 Å². The molecule has 2 aromatic rings. The molecule has 0 fully saturated rings. The molecule has 0 bridgehead atoms. The average molecular weight is 312 g/mol. The molecular formula is C18H20N2O3. The van der Waals surface area contributed by atoms with E-state index in [4.69, 9.17) is 9.47 Å². The minimum Gasteiger partial charge on any atom is -0.497 e. The first-order valence-electron chi connectivity index (χ1n) is 7.36. The van der Waals surface area contributed by atoms with Crippen LogP contribution in [-0.2, 0) is 0 Å². The van der Waals surface area contributed by atoms with Crippen LogP contribution < -0.4 is 14.9 Å². The molecule has 5 heteroatoms. The van der Waals surface area contributed by atoms with E-state index < -0.39 is 0 Å². The molecule has 0 radical (unpaired) electrons. The highest BCUT2D eigenvalue weighted by atomic mass is 16.5. The molecule has 0 aliphatic heterocycles. The van der Waals surface area contributed by atoms with Crippen molar-refractivity contribution in [1.82, 2.24) is 5.43 Å². The van der Waals surface area contributed by atoms with Crippen molar-refractivity contribution in [2.45, 2.75) is 13.8 Å². The standard InChI is InChI=1S/C18H20N2O3/c1-4-23-17-11-7-15(8-12-17)18(21)20-19-13(2)14-5-9-16(22-3)10-6-14/h5-12H,4H2,1-3H3,(H,20,21)/b19-13+. The number of nitrogens with one attached hydrogen (secondary N) is 1. The lowest BCUT2D eigenvalue weighted by Crippen LogP contribution is -2.19. The number of carbonyl (C=O) groups is 1. The number of carbonyl (C=O) groups excluding carboxylic acids is 1. The molecule has 0 aliphatic rings. The third-order valence-electron chi connectivity index (χ3n) is 3.26. The van der Waals surface area contributed by atoms with Gasteiger partial charge >= 0.3 is 0 Å². The second-order valence-electron chi connectivity index (χ2n) is 4.82. The number of nitrogens with zero attached hydrogens (tertiary/aromatic N) is 1. The fourth-order valence-corrected chi connectivity index (χ4v) is 1.97. The Bertz CT molecular complexity index is 676. The van der Waals surface area contributed by atoms with Gasteiger partial charge in [-0.3, -0.25) is 4.79 Å². The van der Waals surface area contributed by atoms with Crippen LogP contribution in [0.5, 0.6) is 11.5 Å². The Balaban J connectivity index is 2.01. The highest BCUT2D eigenvalue weighted by Crippen LogP contribution is 2.13. The SMILES string of the molecule is CCOc1ccc(C(=O)N/N=C(\C)c2ccc(OC)cc2)cc1. The first-order chi connectivity index (χ1) is 11.1. The van der Waals surface area contributed by atoms with Crippen LogP contribution in [0.2, 0.25) is 0 Å². The molecule has 2 rings (SSSR count). The molecule has 0 saturated carbocycles. The monoisotopic (exact) mass is 312 g/mol. The molecule has 0 heterocycles. The van der Waals surface area contributed by atoms with Crippen LogP contribution >= 0.6 is 0 Å². The minimum atomic E-state index is -0.263. The molecule has 0 aromatic heterocycles. The molecule has 120 valence electrons. The smallest absolute Gasteiger partial charge is 0.271 e. The Kier molecular flexibility index (Phi) is 5.74. The molecule has 0 saturated heterocycles. The van der Waals surface area contributed by atoms with Crippen LogP contribution in [0.3, 0.4) is 0 Å². The number of hydrogen-bond donors (Lipinski definition) is 1. The van der Waals surface area contributed by atoms with Gasteiger partial charge in [0.1, 0.15) is 11.5 Å². The van der Waals surface area contributed by atoms with Gasteiger partial charge < -0.3 is 9.47 Å². The quantitative estimate of drug-likeness (QED) is 0.658. The van der Waals surface area contributed by atoms with Gasteiger partial charge in [-0.05, 0) is 67.9 Å². The summed E-state index contributed by atoms with van der Waals surface area (Å²) in [5, 5.41) is 4.13. The fraction of sp³-hybridized carbons (Fsp3) is 0.222. The predicted molar refractivity (Wildman–Crippen MR) is 90.3 cm³/mol. The zero-order valence-electron chi connectivity index (χ0n) is 13.5. The number of hydrogen-bond acceptors (Lipinski definition) is 4. The fourth-order valence-electron chi connectivity index (χ4n) is 1.97. The lowest BCUT2D eigenvalue weighted by atomic mass is 10.1. The molecule has 0 atom stereocenters. The largest absolute Gasteiger partial charge is 0.497 e. The van der Waals surface area contributed by atoms with Crippen molar-refractivity contribution < 1.29 is 14.3 Å². The van der Waals surface area contributed by atoms with Crippen LogP contribution in [0.1, 0.15) is 29.8 Å². The van der Waals surface area contributed by atoms with E-state index >= 15 is 0 Å². The highest BCUT2D eigenvalue weighted by molar-refractivity contribution is 6.00. The van der Waals surface area contributed by atoms with Gasteiger partial charge in [0, 0.05) is 5.56 Å². The lowest BCUT2D eigenvalue weighted by Gasteiger charge is -2.06. The second-order valence-corrected chi connectivity index (χ2v) is 4.82. The summed E-state index contributed by atoms with van der Waals surface area (Å²) >= 11 is 0. The zero-order chi connectivity index (χ0) is 16.7. The van der Waals surface area contributed by atoms with Gasteiger partial charge in [0.05, 0.1) is 19.4 Å². The normalized spacial score (nSPS) is 11.0. The van der Waals surface area contributed by atoms with E-state index in [9.17, 15) is 4.79 Å². The summed E-state index contributed by atoms with van der Waals surface area (Å²) in [4.78, 5) is 12.1. The van der Waals surface area contributed by atoms with E-state index in [1.165, 1.54) is 0 Å². The predicted octanol–water partition coefficient (Wildman–Crippen LogP) is 3.25. The van der Waals surface area contributed by atoms with E-state index in [0.717, 1.165) is 17.1 Å². The van der Waals surface area contributed by atoms with Gasteiger partial charge in [0.15, 0.2) is 0 Å². The van der Waals surface area contributed by atoms with Crippen molar-refractivity contribution in [3.63, 3.8) is 0 Å². The summed E-state index contributed by atoms with van der Waals surface area (Å²) < 4.78 is 10.5. The number of benzene rings is 2. The summed E-state index contributed by atoms with van der Waals surface area (Å²) in [6.45, 7) is 4.34. The Morgan fingerprint density at radius 1 is 1.00 bits per heavy atom. The number of hydrazone groups is 1. The molecule has 2 aromatic carbocycles. The van der Waals surface area contributed by atoms with Crippen LogP contribution in [-0.4, -0.2) is 25.3 Å². The zero-order valence-corrected chi connectivity index (χ0v) is 13.5. The molecule has 1 N–H and O–H groups in total. The second kappa shape index (κ2) is 7.98. The molecule has 0 unspecified atom stereocenters.